The van der Waals surface area contributed by atoms with E-state index in [2.05, 4.69) is 21.0 Å². The first-order valence-corrected chi connectivity index (χ1v) is 4.95. The second kappa shape index (κ2) is 4.69. The zero-order valence-electron chi connectivity index (χ0n) is 7.82. The van der Waals surface area contributed by atoms with Gasteiger partial charge in [-0.2, -0.15) is 5.10 Å². The molecule has 7 heteroatoms. The van der Waals surface area contributed by atoms with Crippen LogP contribution in [0.2, 0.25) is 0 Å². The monoisotopic (exact) mass is 282 g/mol. The fourth-order valence-corrected chi connectivity index (χ4v) is 1.54. The van der Waals surface area contributed by atoms with Gasteiger partial charge >= 0.3 is 5.97 Å². The molecule has 1 aromatic rings. The van der Waals surface area contributed by atoms with E-state index in [1.807, 2.05) is 0 Å². The number of hydrogen-bond donors (Lipinski definition) is 1. The van der Waals surface area contributed by atoms with Gasteiger partial charge in [-0.1, -0.05) is 6.92 Å². The predicted molar refractivity (Wildman–Crippen MR) is 51.7 cm³/mol. The van der Waals surface area contributed by atoms with Crippen LogP contribution >= 0.6 is 15.9 Å². The summed E-state index contributed by atoms with van der Waals surface area (Å²) in [5.74, 6) is -1.80. The summed E-state index contributed by atoms with van der Waals surface area (Å²) in [4.78, 5) is 10.6. The van der Waals surface area contributed by atoms with Crippen LogP contribution < -0.4 is 0 Å². The highest BCUT2D eigenvalue weighted by molar-refractivity contribution is 9.10. The molecule has 0 saturated heterocycles. The standard InChI is InChI=1S/C8H9BrF2N2O2/c1-4(8(14)15)3-13-6(7(10)11)5(9)2-12-13/h2,4,7H,3H2,1H3,(H,14,15)/t4-/m0/s1. The van der Waals surface area contributed by atoms with Crippen LogP contribution in [0.5, 0.6) is 0 Å². The minimum absolute atomic E-state index is 0.0688. The summed E-state index contributed by atoms with van der Waals surface area (Å²) in [6, 6.07) is 0. The number of rotatable bonds is 4. The van der Waals surface area contributed by atoms with Gasteiger partial charge in [0.1, 0.15) is 5.69 Å². The quantitative estimate of drug-likeness (QED) is 0.922. The Morgan fingerprint density at radius 3 is 2.80 bits per heavy atom. The van der Waals surface area contributed by atoms with Gasteiger partial charge in [0.25, 0.3) is 6.43 Å². The summed E-state index contributed by atoms with van der Waals surface area (Å²) in [5, 5.41) is 12.3. The number of aliphatic carboxylic acids is 1. The first-order chi connectivity index (χ1) is 6.93. The Labute approximate surface area is 93.0 Å². The molecule has 0 aromatic carbocycles. The molecule has 0 saturated carbocycles. The minimum Gasteiger partial charge on any atom is -0.481 e. The first-order valence-electron chi connectivity index (χ1n) is 4.15. The Balaban J connectivity index is 2.90. The fraction of sp³-hybridized carbons (Fsp3) is 0.500. The highest BCUT2D eigenvalue weighted by Gasteiger charge is 2.21. The topological polar surface area (TPSA) is 55.1 Å². The van der Waals surface area contributed by atoms with Gasteiger partial charge in [-0.05, 0) is 15.9 Å². The predicted octanol–water partition coefficient (Wildman–Crippen LogP) is 2.30. The van der Waals surface area contributed by atoms with E-state index >= 15 is 0 Å². The van der Waals surface area contributed by atoms with Gasteiger partial charge in [-0.15, -0.1) is 0 Å². The third-order valence-corrected chi connectivity index (χ3v) is 2.52. The van der Waals surface area contributed by atoms with Crippen LogP contribution in [0, 0.1) is 5.92 Å². The van der Waals surface area contributed by atoms with Crippen molar-refractivity contribution in [3.63, 3.8) is 0 Å². The van der Waals surface area contributed by atoms with Crippen LogP contribution in [0.15, 0.2) is 10.7 Å². The van der Waals surface area contributed by atoms with Crippen LogP contribution in [0.25, 0.3) is 0 Å². The van der Waals surface area contributed by atoms with E-state index in [4.69, 9.17) is 5.11 Å². The Morgan fingerprint density at radius 2 is 2.33 bits per heavy atom. The van der Waals surface area contributed by atoms with Crippen LogP contribution in [-0.4, -0.2) is 20.9 Å². The summed E-state index contributed by atoms with van der Waals surface area (Å²) in [7, 11) is 0. The van der Waals surface area contributed by atoms with Gasteiger partial charge in [0, 0.05) is 0 Å². The van der Waals surface area contributed by atoms with E-state index in [9.17, 15) is 13.6 Å². The van der Waals surface area contributed by atoms with Crippen molar-refractivity contribution in [1.82, 2.24) is 9.78 Å². The molecule has 0 aliphatic carbocycles. The average Bonchev–Trinajstić information content (AvgIpc) is 2.46. The molecule has 1 heterocycles. The molecule has 0 aliphatic rings. The largest absolute Gasteiger partial charge is 0.481 e. The number of carboxylic acids is 1. The summed E-state index contributed by atoms with van der Waals surface area (Å²) in [6.07, 6.45) is -1.45. The summed E-state index contributed by atoms with van der Waals surface area (Å²) in [5.41, 5.74) is -0.289. The fourth-order valence-electron chi connectivity index (χ4n) is 1.07. The summed E-state index contributed by atoms with van der Waals surface area (Å²) < 4.78 is 26.3. The van der Waals surface area contributed by atoms with E-state index in [0.717, 1.165) is 4.68 Å². The Bertz CT molecular complexity index is 368. The maximum absolute atomic E-state index is 12.5. The highest BCUT2D eigenvalue weighted by atomic mass is 79.9. The van der Waals surface area contributed by atoms with Gasteiger partial charge in [0.15, 0.2) is 0 Å². The van der Waals surface area contributed by atoms with Crippen LogP contribution in [0.4, 0.5) is 8.78 Å². The highest BCUT2D eigenvalue weighted by Crippen LogP contribution is 2.27. The maximum Gasteiger partial charge on any atom is 0.308 e. The SMILES string of the molecule is C[C@@H](Cn1ncc(Br)c1C(F)F)C(=O)O. The molecule has 1 aromatic heterocycles. The molecule has 1 atom stereocenters. The average molecular weight is 283 g/mol. The molecule has 4 nitrogen and oxygen atoms in total. The van der Waals surface area contributed by atoms with Crippen molar-refractivity contribution < 1.29 is 18.7 Å². The number of halogens is 3. The molecule has 0 fully saturated rings. The van der Waals surface area contributed by atoms with E-state index < -0.39 is 18.3 Å². The van der Waals surface area contributed by atoms with E-state index in [1.54, 1.807) is 0 Å². The van der Waals surface area contributed by atoms with E-state index in [0.29, 0.717) is 0 Å². The second-order valence-electron chi connectivity index (χ2n) is 3.10. The molecule has 0 amide bonds. The number of aromatic nitrogens is 2. The molecule has 0 radical (unpaired) electrons. The molecule has 0 unspecified atom stereocenters. The van der Waals surface area contributed by atoms with Gasteiger partial charge < -0.3 is 5.11 Å². The number of carboxylic acid groups (broad SMARTS) is 1. The van der Waals surface area contributed by atoms with Crippen molar-refractivity contribution in [3.05, 3.63) is 16.4 Å². The zero-order valence-corrected chi connectivity index (χ0v) is 9.41. The summed E-state index contributed by atoms with van der Waals surface area (Å²) in [6.45, 7) is 1.37. The second-order valence-corrected chi connectivity index (χ2v) is 3.95. The van der Waals surface area contributed by atoms with Gasteiger partial charge in [-0.3, -0.25) is 9.48 Å². The van der Waals surface area contributed by atoms with Gasteiger partial charge in [-0.25, -0.2) is 8.78 Å². The van der Waals surface area contributed by atoms with Crippen LogP contribution in [0.3, 0.4) is 0 Å². The Morgan fingerprint density at radius 1 is 1.73 bits per heavy atom. The number of carbonyl (C=O) groups is 1. The number of hydrogen-bond acceptors (Lipinski definition) is 2. The molecule has 0 aliphatic heterocycles. The van der Waals surface area contributed by atoms with E-state index in [1.165, 1.54) is 13.1 Å². The lowest BCUT2D eigenvalue weighted by Crippen LogP contribution is -2.19. The van der Waals surface area contributed by atoms with Crippen molar-refractivity contribution in [1.29, 1.82) is 0 Å². The lowest BCUT2D eigenvalue weighted by atomic mass is 10.2. The normalized spacial score (nSPS) is 13.1. The van der Waals surface area contributed by atoms with Gasteiger partial charge in [0.05, 0.1) is 23.1 Å². The van der Waals surface area contributed by atoms with Crippen LogP contribution in [0.1, 0.15) is 19.0 Å². The molecule has 15 heavy (non-hydrogen) atoms. The Hall–Kier alpha value is -0.980. The lowest BCUT2D eigenvalue weighted by Gasteiger charge is -2.09. The lowest BCUT2D eigenvalue weighted by molar-refractivity contribution is -0.141. The smallest absolute Gasteiger partial charge is 0.308 e. The maximum atomic E-state index is 12.5. The molecule has 0 spiro atoms. The molecule has 84 valence electrons. The zero-order chi connectivity index (χ0) is 11.6. The van der Waals surface area contributed by atoms with Crippen molar-refractivity contribution in [3.8, 4) is 0 Å². The third kappa shape index (κ3) is 2.74. The number of alkyl halides is 2. The van der Waals surface area contributed by atoms with E-state index in [-0.39, 0.29) is 16.7 Å². The molecular formula is C8H9BrF2N2O2. The van der Waals surface area contributed by atoms with Crippen molar-refractivity contribution >= 4 is 21.9 Å². The number of nitrogens with zero attached hydrogens (tertiary/aromatic N) is 2. The summed E-state index contributed by atoms with van der Waals surface area (Å²) >= 11 is 2.93. The molecule has 0 bridgehead atoms. The van der Waals surface area contributed by atoms with Crippen molar-refractivity contribution in [2.75, 3.05) is 0 Å². The van der Waals surface area contributed by atoms with Crippen molar-refractivity contribution in [2.45, 2.75) is 19.9 Å². The van der Waals surface area contributed by atoms with Gasteiger partial charge in [0.2, 0.25) is 0 Å². The van der Waals surface area contributed by atoms with Crippen LogP contribution in [-0.2, 0) is 11.3 Å². The van der Waals surface area contributed by atoms with Crippen molar-refractivity contribution in [2.24, 2.45) is 5.92 Å². The first kappa shape index (κ1) is 12.1. The third-order valence-electron chi connectivity index (χ3n) is 1.91. The Kier molecular flexibility index (Phi) is 3.78. The molecule has 1 rings (SSSR count). The molecular weight excluding hydrogens is 274 g/mol. The molecule has 1 N–H and O–H groups in total. The minimum atomic E-state index is -2.68.